The first-order valence-electron chi connectivity index (χ1n) is 25.4. The first kappa shape index (κ1) is 40.3. The first-order chi connectivity index (χ1) is 35.2. The van der Waals surface area contributed by atoms with Crippen LogP contribution in [0.2, 0.25) is 0 Å². The van der Waals surface area contributed by atoms with Crippen LogP contribution in [-0.2, 0) is 0 Å². The standard InChI is InChI=1S/C66H46B2N2O2/c1-35-25-37(3)63(38(4)26-35)67-50-17-12-20-55-65(50)69(56-31-48-47-30-46-43(22-21-41-13-7-9-15-44(41)46)29-59(47)72-60(48)33-52(56)67)54-19-11-18-51-66(54)70(55)57-32-49-61(71-58-24-23-42-14-8-10-16-45(42)62(49)58)34-53(57)68(51)64-39(5)27-36(2)28-40(64)6/h7-34H,1-6H3. The maximum absolute atomic E-state index is 7.01. The molecule has 13 aromatic rings. The van der Waals surface area contributed by atoms with Gasteiger partial charge in [0.2, 0.25) is 13.4 Å². The van der Waals surface area contributed by atoms with E-state index in [1.807, 2.05) is 0 Å². The molecule has 6 heteroatoms. The van der Waals surface area contributed by atoms with E-state index in [0.29, 0.717) is 0 Å². The summed E-state index contributed by atoms with van der Waals surface area (Å²) in [5.74, 6) is 0. The van der Waals surface area contributed by atoms with E-state index in [1.165, 1.54) is 133 Å². The van der Waals surface area contributed by atoms with Gasteiger partial charge in [-0.15, -0.1) is 0 Å². The second kappa shape index (κ2) is 14.1. The molecule has 2 aromatic heterocycles. The number of hydrogen-bond acceptors (Lipinski definition) is 4. The van der Waals surface area contributed by atoms with Gasteiger partial charge in [0.25, 0.3) is 0 Å². The molecule has 72 heavy (non-hydrogen) atoms. The fourth-order valence-corrected chi connectivity index (χ4v) is 14.2. The summed E-state index contributed by atoms with van der Waals surface area (Å²) in [5, 5.41) is 11.9. The highest BCUT2D eigenvalue weighted by Gasteiger charge is 2.47. The summed E-state index contributed by atoms with van der Waals surface area (Å²) in [6, 6.07) is 64.1. The van der Waals surface area contributed by atoms with E-state index in [2.05, 4.69) is 221 Å². The van der Waals surface area contributed by atoms with Gasteiger partial charge in [0.05, 0.1) is 22.7 Å². The Morgan fingerprint density at radius 1 is 0.319 bits per heavy atom. The van der Waals surface area contributed by atoms with Crippen LogP contribution < -0.4 is 42.6 Å². The molecular weight excluding hydrogens is 874 g/mol. The van der Waals surface area contributed by atoms with Crippen LogP contribution in [0.25, 0.3) is 76.2 Å². The Morgan fingerprint density at radius 2 is 0.792 bits per heavy atom. The zero-order chi connectivity index (χ0) is 48.0. The van der Waals surface area contributed by atoms with E-state index in [0.717, 1.165) is 43.9 Å². The van der Waals surface area contributed by atoms with Crippen molar-refractivity contribution in [2.24, 2.45) is 0 Å². The van der Waals surface area contributed by atoms with Crippen molar-refractivity contribution in [3.8, 4) is 0 Å². The first-order valence-corrected chi connectivity index (χ1v) is 25.4. The molecule has 0 unspecified atom stereocenters. The fraction of sp³-hybridized carbons (Fsp3) is 0.0909. The van der Waals surface area contributed by atoms with Crippen LogP contribution in [0.4, 0.5) is 34.1 Å². The van der Waals surface area contributed by atoms with Crippen LogP contribution in [0.3, 0.4) is 0 Å². The lowest BCUT2D eigenvalue weighted by Crippen LogP contribution is -2.61. The van der Waals surface area contributed by atoms with Crippen LogP contribution in [0, 0.1) is 41.5 Å². The Hall–Kier alpha value is -8.47. The van der Waals surface area contributed by atoms with Gasteiger partial charge < -0.3 is 18.6 Å². The average Bonchev–Trinajstić information content (AvgIpc) is 3.92. The quantitative estimate of drug-likeness (QED) is 0.128. The largest absolute Gasteiger partial charge is 0.456 e. The number of anilines is 6. The van der Waals surface area contributed by atoms with E-state index in [1.54, 1.807) is 0 Å². The second-order valence-corrected chi connectivity index (χ2v) is 21.1. The molecule has 0 N–H and O–H groups in total. The van der Waals surface area contributed by atoms with Gasteiger partial charge in [-0.2, -0.15) is 0 Å². The average molecular weight is 921 g/mol. The Kier molecular flexibility index (Phi) is 7.89. The van der Waals surface area contributed by atoms with Gasteiger partial charge in [0.1, 0.15) is 22.3 Å². The lowest BCUT2D eigenvalue weighted by molar-refractivity contribution is 0.669. The number of furan rings is 2. The van der Waals surface area contributed by atoms with E-state index in [4.69, 9.17) is 8.83 Å². The van der Waals surface area contributed by atoms with Crippen molar-refractivity contribution in [1.29, 1.82) is 0 Å². The fourth-order valence-electron chi connectivity index (χ4n) is 14.2. The van der Waals surface area contributed by atoms with Crippen molar-refractivity contribution in [2.75, 3.05) is 9.80 Å². The van der Waals surface area contributed by atoms with Crippen molar-refractivity contribution in [1.82, 2.24) is 0 Å². The zero-order valence-electron chi connectivity index (χ0n) is 41.0. The summed E-state index contributed by atoms with van der Waals surface area (Å²) < 4.78 is 13.9. The number of fused-ring (bicyclic) bond motifs is 17. The van der Waals surface area contributed by atoms with Gasteiger partial charge in [0, 0.05) is 32.9 Å². The number of aryl methyl sites for hydroxylation is 6. The highest BCUT2D eigenvalue weighted by Crippen LogP contribution is 2.56. The molecule has 0 saturated heterocycles. The van der Waals surface area contributed by atoms with Gasteiger partial charge in [-0.1, -0.05) is 160 Å². The lowest BCUT2D eigenvalue weighted by Gasteiger charge is -2.49. The smallest absolute Gasteiger partial charge is 0.247 e. The van der Waals surface area contributed by atoms with Gasteiger partial charge in [0.15, 0.2) is 0 Å². The summed E-state index contributed by atoms with van der Waals surface area (Å²) in [6.07, 6.45) is 0. The summed E-state index contributed by atoms with van der Waals surface area (Å²) in [5.41, 5.74) is 26.3. The molecule has 0 atom stereocenters. The minimum atomic E-state index is -0.0568. The lowest BCUT2D eigenvalue weighted by atomic mass is 9.33. The maximum atomic E-state index is 7.01. The molecule has 4 nitrogen and oxygen atoms in total. The zero-order valence-corrected chi connectivity index (χ0v) is 41.0. The Bertz CT molecular complexity index is 4590. The van der Waals surface area contributed by atoms with E-state index < -0.39 is 0 Å². The molecule has 0 saturated carbocycles. The summed E-state index contributed by atoms with van der Waals surface area (Å²) in [6.45, 7) is 13.5. The van der Waals surface area contributed by atoms with Crippen molar-refractivity contribution >= 4 is 157 Å². The topological polar surface area (TPSA) is 32.8 Å². The van der Waals surface area contributed by atoms with Gasteiger partial charge >= 0.3 is 0 Å². The summed E-state index contributed by atoms with van der Waals surface area (Å²) >= 11 is 0. The van der Waals surface area contributed by atoms with Crippen LogP contribution in [0.1, 0.15) is 33.4 Å². The molecule has 3 aliphatic rings. The predicted octanol–water partition coefficient (Wildman–Crippen LogP) is 13.7. The Labute approximate surface area is 417 Å². The van der Waals surface area contributed by atoms with Crippen molar-refractivity contribution in [3.63, 3.8) is 0 Å². The SMILES string of the molecule is Cc1cc(C)c(B2c3cc4oc5cc6ccc7ccccc7c6cc5c4cc3N3c4cccc5c4N(c4cc6c(cc4B5c4c(C)cc(C)cc4C)oc4ccc5ccccc5c46)c4cccc2c43)c(C)c1. The molecule has 338 valence electrons. The molecule has 5 heterocycles. The predicted molar refractivity (Wildman–Crippen MR) is 307 cm³/mol. The van der Waals surface area contributed by atoms with E-state index >= 15 is 0 Å². The Morgan fingerprint density at radius 3 is 1.40 bits per heavy atom. The van der Waals surface area contributed by atoms with Crippen molar-refractivity contribution < 1.29 is 8.83 Å². The third-order valence-electron chi connectivity index (χ3n) is 16.8. The summed E-state index contributed by atoms with van der Waals surface area (Å²) in [4.78, 5) is 5.24. The number of hydrogen-bond donors (Lipinski definition) is 0. The monoisotopic (exact) mass is 920 g/mol. The van der Waals surface area contributed by atoms with Crippen LogP contribution in [0.15, 0.2) is 179 Å². The van der Waals surface area contributed by atoms with Crippen LogP contribution in [0.5, 0.6) is 0 Å². The molecule has 0 fully saturated rings. The normalized spacial score (nSPS) is 13.6. The van der Waals surface area contributed by atoms with E-state index in [-0.39, 0.29) is 13.4 Å². The molecule has 0 aliphatic carbocycles. The minimum Gasteiger partial charge on any atom is -0.456 e. The number of para-hydroxylation sites is 2. The molecule has 0 spiro atoms. The van der Waals surface area contributed by atoms with Crippen molar-refractivity contribution in [3.05, 3.63) is 203 Å². The summed E-state index contributed by atoms with van der Waals surface area (Å²) in [7, 11) is 0. The molecule has 3 aliphatic heterocycles. The van der Waals surface area contributed by atoms with E-state index in [9.17, 15) is 0 Å². The molecule has 0 radical (unpaired) electrons. The Balaban J connectivity index is 1.04. The molecule has 16 rings (SSSR count). The number of nitrogens with zero attached hydrogens (tertiary/aromatic N) is 2. The molecule has 0 amide bonds. The number of benzene rings is 11. The highest BCUT2D eigenvalue weighted by atomic mass is 16.3. The van der Waals surface area contributed by atoms with Crippen molar-refractivity contribution in [2.45, 2.75) is 41.5 Å². The minimum absolute atomic E-state index is 0.0517. The third kappa shape index (κ3) is 5.23. The van der Waals surface area contributed by atoms with Gasteiger partial charge in [-0.25, -0.2) is 0 Å². The van der Waals surface area contributed by atoms with Crippen LogP contribution >= 0.6 is 0 Å². The molecule has 11 aromatic carbocycles. The molecule has 0 bridgehead atoms. The van der Waals surface area contributed by atoms with Crippen LogP contribution in [-0.4, -0.2) is 13.4 Å². The number of rotatable bonds is 2. The van der Waals surface area contributed by atoms with Gasteiger partial charge in [-0.05, 0) is 150 Å². The maximum Gasteiger partial charge on any atom is 0.247 e. The third-order valence-corrected chi connectivity index (χ3v) is 16.8. The molecular formula is C66H46B2N2O2. The highest BCUT2D eigenvalue weighted by molar-refractivity contribution is 7.00. The van der Waals surface area contributed by atoms with Gasteiger partial charge in [-0.3, -0.25) is 0 Å². The second-order valence-electron chi connectivity index (χ2n) is 21.1.